The first-order valence-corrected chi connectivity index (χ1v) is 7.76. The normalized spacial score (nSPS) is 11.8. The highest BCUT2D eigenvalue weighted by Crippen LogP contribution is 2.23. The summed E-state index contributed by atoms with van der Waals surface area (Å²) in [5.41, 5.74) is 2.74. The van der Waals surface area contributed by atoms with Gasteiger partial charge in [-0.25, -0.2) is 8.78 Å². The fourth-order valence-corrected chi connectivity index (χ4v) is 2.31. The Kier molecular flexibility index (Phi) is 6.01. The van der Waals surface area contributed by atoms with Crippen molar-refractivity contribution < 1.29 is 27.1 Å². The van der Waals surface area contributed by atoms with Crippen molar-refractivity contribution >= 4 is 11.6 Å². The predicted octanol–water partition coefficient (Wildman–Crippen LogP) is 3.71. The monoisotopic (exact) mass is 373 g/mol. The van der Waals surface area contributed by atoms with Crippen molar-refractivity contribution in [2.24, 2.45) is 7.05 Å². The Morgan fingerprint density at radius 2 is 2.04 bits per heavy atom. The van der Waals surface area contributed by atoms with E-state index in [2.05, 4.69) is 15.2 Å². The molecule has 2 aromatic rings. The zero-order chi connectivity index (χ0) is 19.5. The van der Waals surface area contributed by atoms with Crippen LogP contribution in [-0.4, -0.2) is 34.6 Å². The summed E-state index contributed by atoms with van der Waals surface area (Å²) in [6.45, 7) is 1.86. The number of aromatic nitrogens is 2. The van der Waals surface area contributed by atoms with E-state index in [0.717, 1.165) is 5.69 Å². The van der Waals surface area contributed by atoms with Gasteiger partial charge in [-0.3, -0.25) is 9.48 Å². The highest BCUT2D eigenvalue weighted by Gasteiger charge is 2.40. The Labute approximate surface area is 148 Å². The maximum absolute atomic E-state index is 12.8. The largest absolute Gasteiger partial charge is 0.370 e. The first-order chi connectivity index (χ1) is 12.1. The minimum absolute atomic E-state index is 0.286. The van der Waals surface area contributed by atoms with Crippen molar-refractivity contribution in [3.05, 3.63) is 46.8 Å². The molecule has 0 aliphatic carbocycles. The number of ether oxygens (including phenoxy) is 1. The van der Waals surface area contributed by atoms with Crippen molar-refractivity contribution in [1.82, 2.24) is 9.78 Å². The zero-order valence-corrected chi connectivity index (χ0v) is 14.5. The van der Waals surface area contributed by atoms with E-state index in [1.807, 2.05) is 6.92 Å². The summed E-state index contributed by atoms with van der Waals surface area (Å²) in [6, 6.07) is 6.12. The van der Waals surface area contributed by atoms with E-state index in [1.165, 1.54) is 6.07 Å². The molecule has 1 aromatic heterocycles. The number of nitrogens with zero attached hydrogens (tertiary/aromatic N) is 2. The molecule has 2 rings (SSSR count). The molecule has 1 amide bonds. The average molecular weight is 373 g/mol. The van der Waals surface area contributed by atoms with Crippen molar-refractivity contribution in [3.63, 3.8) is 0 Å². The van der Waals surface area contributed by atoms with Crippen molar-refractivity contribution in [2.45, 2.75) is 32.8 Å². The maximum atomic E-state index is 12.8. The fourth-order valence-electron chi connectivity index (χ4n) is 2.31. The highest BCUT2D eigenvalue weighted by molar-refractivity contribution is 6.04. The third kappa shape index (κ3) is 4.60. The Morgan fingerprint density at radius 3 is 2.62 bits per heavy atom. The molecular weight excluding hydrogens is 354 g/mol. The van der Waals surface area contributed by atoms with Gasteiger partial charge in [0.05, 0.1) is 23.7 Å². The molecular formula is C17H19F4N3O2. The summed E-state index contributed by atoms with van der Waals surface area (Å²) in [7, 11) is 1.76. The fraction of sp³-hybridized carbons (Fsp3) is 0.412. The number of anilines is 1. The molecule has 0 saturated carbocycles. The number of alkyl halides is 4. The lowest BCUT2D eigenvalue weighted by Crippen LogP contribution is -2.32. The maximum Gasteiger partial charge on any atom is 0.330 e. The van der Waals surface area contributed by atoms with Crippen LogP contribution in [0.2, 0.25) is 0 Å². The van der Waals surface area contributed by atoms with E-state index in [-0.39, 0.29) is 12.2 Å². The lowest BCUT2D eigenvalue weighted by Gasteiger charge is -2.15. The number of carbonyl (C=O) groups is 1. The molecule has 1 heterocycles. The summed E-state index contributed by atoms with van der Waals surface area (Å²) in [4.78, 5) is 12.4. The molecule has 142 valence electrons. The number of benzene rings is 1. The van der Waals surface area contributed by atoms with Crippen molar-refractivity contribution in [2.75, 3.05) is 11.9 Å². The number of aryl methyl sites for hydroxylation is 2. The number of halogens is 4. The van der Waals surface area contributed by atoms with Gasteiger partial charge in [-0.05, 0) is 31.5 Å². The lowest BCUT2D eigenvalue weighted by molar-refractivity contribution is -0.168. The van der Waals surface area contributed by atoms with Gasteiger partial charge in [0, 0.05) is 12.6 Å². The van der Waals surface area contributed by atoms with E-state index in [1.54, 1.807) is 36.9 Å². The van der Waals surface area contributed by atoms with Gasteiger partial charge in [-0.1, -0.05) is 12.1 Å². The van der Waals surface area contributed by atoms with E-state index < -0.39 is 24.9 Å². The summed E-state index contributed by atoms with van der Waals surface area (Å²) in [6.07, 6.45) is -3.79. The molecule has 0 aliphatic rings. The number of carbonyl (C=O) groups excluding carboxylic acids is 1. The second-order valence-corrected chi connectivity index (χ2v) is 5.88. The quantitative estimate of drug-likeness (QED) is 0.753. The van der Waals surface area contributed by atoms with Gasteiger partial charge in [-0.15, -0.1) is 0 Å². The van der Waals surface area contributed by atoms with Crippen LogP contribution in [0.4, 0.5) is 23.2 Å². The van der Waals surface area contributed by atoms with Crippen LogP contribution >= 0.6 is 0 Å². The predicted molar refractivity (Wildman–Crippen MR) is 87.7 cm³/mol. The Morgan fingerprint density at radius 1 is 1.35 bits per heavy atom. The molecule has 0 spiro atoms. The number of nitrogens with one attached hydrogen (secondary N) is 1. The van der Waals surface area contributed by atoms with Gasteiger partial charge in [-0.2, -0.15) is 13.9 Å². The molecule has 0 bridgehead atoms. The molecule has 0 saturated heterocycles. The van der Waals surface area contributed by atoms with Crippen LogP contribution in [0, 0.1) is 13.8 Å². The van der Waals surface area contributed by atoms with Crippen LogP contribution in [-0.2, 0) is 18.4 Å². The third-order valence-electron chi connectivity index (χ3n) is 3.82. The van der Waals surface area contributed by atoms with Gasteiger partial charge in [0.1, 0.15) is 6.61 Å². The Balaban J connectivity index is 2.03. The number of hydrogen-bond donors (Lipinski definition) is 1. The van der Waals surface area contributed by atoms with Gasteiger partial charge in [0.25, 0.3) is 5.91 Å². The lowest BCUT2D eigenvalue weighted by atomic mass is 10.1. The molecule has 0 unspecified atom stereocenters. The van der Waals surface area contributed by atoms with Gasteiger partial charge in [0.15, 0.2) is 0 Å². The van der Waals surface area contributed by atoms with E-state index in [9.17, 15) is 22.4 Å². The summed E-state index contributed by atoms with van der Waals surface area (Å²) < 4.78 is 56.1. The molecule has 5 nitrogen and oxygen atoms in total. The van der Waals surface area contributed by atoms with Crippen LogP contribution < -0.4 is 5.32 Å². The molecule has 0 atom stereocenters. The molecule has 1 aromatic carbocycles. The minimum Gasteiger partial charge on any atom is -0.370 e. The summed E-state index contributed by atoms with van der Waals surface area (Å²) >= 11 is 0. The second-order valence-electron chi connectivity index (χ2n) is 5.88. The Hall–Kier alpha value is -2.42. The highest BCUT2D eigenvalue weighted by atomic mass is 19.3. The van der Waals surface area contributed by atoms with Crippen LogP contribution in [0.15, 0.2) is 24.3 Å². The summed E-state index contributed by atoms with van der Waals surface area (Å²) in [5, 5.41) is 6.96. The molecule has 0 fully saturated rings. The summed E-state index contributed by atoms with van der Waals surface area (Å²) in [5.74, 6) is -4.60. The molecule has 0 aliphatic heterocycles. The smallest absolute Gasteiger partial charge is 0.330 e. The zero-order valence-electron chi connectivity index (χ0n) is 14.5. The van der Waals surface area contributed by atoms with Crippen LogP contribution in [0.5, 0.6) is 0 Å². The van der Waals surface area contributed by atoms with Gasteiger partial charge in [0.2, 0.25) is 0 Å². The SMILES string of the molecule is Cc1nn(C)c(C)c1NC(=O)c1cccc(COCC(F)(F)C(F)F)c1. The van der Waals surface area contributed by atoms with E-state index in [0.29, 0.717) is 16.9 Å². The van der Waals surface area contributed by atoms with Crippen LogP contribution in [0.1, 0.15) is 27.3 Å². The van der Waals surface area contributed by atoms with Crippen LogP contribution in [0.3, 0.4) is 0 Å². The first kappa shape index (κ1) is 19.9. The second kappa shape index (κ2) is 7.86. The number of hydrogen-bond acceptors (Lipinski definition) is 3. The van der Waals surface area contributed by atoms with Crippen molar-refractivity contribution in [1.29, 1.82) is 0 Å². The minimum atomic E-state index is -4.20. The molecule has 0 radical (unpaired) electrons. The molecule has 9 heteroatoms. The third-order valence-corrected chi connectivity index (χ3v) is 3.82. The standard InChI is InChI=1S/C17H19F4N3O2/c1-10-14(11(2)24(3)23-10)22-15(25)13-6-4-5-12(7-13)8-26-9-17(20,21)16(18)19/h4-7,16H,8-9H2,1-3H3,(H,22,25). The average Bonchev–Trinajstić information content (AvgIpc) is 2.81. The molecule has 26 heavy (non-hydrogen) atoms. The van der Waals surface area contributed by atoms with Crippen molar-refractivity contribution in [3.8, 4) is 0 Å². The number of amides is 1. The van der Waals surface area contributed by atoms with E-state index >= 15 is 0 Å². The first-order valence-electron chi connectivity index (χ1n) is 7.76. The number of rotatable bonds is 7. The molecule has 1 N–H and O–H groups in total. The van der Waals surface area contributed by atoms with Gasteiger partial charge >= 0.3 is 12.3 Å². The topological polar surface area (TPSA) is 56.2 Å². The van der Waals surface area contributed by atoms with Gasteiger partial charge < -0.3 is 10.1 Å². The van der Waals surface area contributed by atoms with E-state index in [4.69, 9.17) is 0 Å². The Bertz CT molecular complexity index is 790. The van der Waals surface area contributed by atoms with Crippen LogP contribution in [0.25, 0.3) is 0 Å².